The normalized spacial score (nSPS) is 12.4. The van der Waals surface area contributed by atoms with Crippen LogP contribution in [-0.2, 0) is 0 Å². The summed E-state index contributed by atoms with van der Waals surface area (Å²) in [4.78, 5) is 0. The number of halogens is 1. The number of hydrogen-bond acceptors (Lipinski definition) is 3. The van der Waals surface area contributed by atoms with Gasteiger partial charge in [0.25, 0.3) is 0 Å². The monoisotopic (exact) mass is 323 g/mol. The maximum Gasteiger partial charge on any atom is 0.120 e. The molecule has 1 atom stereocenters. The summed E-state index contributed by atoms with van der Waals surface area (Å²) in [6.07, 6.45) is 0. The van der Waals surface area contributed by atoms with Crippen molar-refractivity contribution in [3.8, 4) is 5.75 Å². The van der Waals surface area contributed by atoms with Crippen LogP contribution in [0.4, 0.5) is 0 Å². The zero-order valence-corrected chi connectivity index (χ0v) is 12.7. The van der Waals surface area contributed by atoms with Gasteiger partial charge in [0.1, 0.15) is 23.9 Å². The SMILES string of the molecule is Cc1ccc(C(C)NCCOc2ccc(Br)cc2)o1. The molecule has 1 unspecified atom stereocenters. The van der Waals surface area contributed by atoms with Crippen molar-refractivity contribution in [1.82, 2.24) is 5.32 Å². The maximum absolute atomic E-state index is 5.64. The van der Waals surface area contributed by atoms with Crippen LogP contribution in [0.3, 0.4) is 0 Å². The Morgan fingerprint density at radius 1 is 1.21 bits per heavy atom. The van der Waals surface area contributed by atoms with Crippen molar-refractivity contribution in [2.45, 2.75) is 19.9 Å². The molecule has 1 aromatic heterocycles. The summed E-state index contributed by atoms with van der Waals surface area (Å²) in [6.45, 7) is 5.44. The van der Waals surface area contributed by atoms with Crippen LogP contribution in [-0.4, -0.2) is 13.2 Å². The van der Waals surface area contributed by atoms with Crippen molar-refractivity contribution in [2.75, 3.05) is 13.2 Å². The summed E-state index contributed by atoms with van der Waals surface area (Å²) in [7, 11) is 0. The number of furan rings is 1. The Bertz CT molecular complexity index is 507. The second kappa shape index (κ2) is 6.78. The zero-order valence-electron chi connectivity index (χ0n) is 11.2. The summed E-state index contributed by atoms with van der Waals surface area (Å²) < 4.78 is 12.3. The van der Waals surface area contributed by atoms with E-state index in [9.17, 15) is 0 Å². The van der Waals surface area contributed by atoms with Crippen molar-refractivity contribution in [3.63, 3.8) is 0 Å². The van der Waals surface area contributed by atoms with Crippen molar-refractivity contribution < 1.29 is 9.15 Å². The first-order chi connectivity index (χ1) is 9.15. The van der Waals surface area contributed by atoms with Gasteiger partial charge in [-0.3, -0.25) is 0 Å². The smallest absolute Gasteiger partial charge is 0.120 e. The van der Waals surface area contributed by atoms with Crippen molar-refractivity contribution in [1.29, 1.82) is 0 Å². The van der Waals surface area contributed by atoms with Crippen molar-refractivity contribution in [3.05, 3.63) is 52.4 Å². The van der Waals surface area contributed by atoms with Crippen LogP contribution in [0.2, 0.25) is 0 Å². The number of rotatable bonds is 6. The molecule has 0 bridgehead atoms. The van der Waals surface area contributed by atoms with E-state index >= 15 is 0 Å². The molecule has 0 spiro atoms. The maximum atomic E-state index is 5.64. The fourth-order valence-corrected chi connectivity index (χ4v) is 2.03. The summed E-state index contributed by atoms with van der Waals surface area (Å²) in [5.74, 6) is 2.78. The molecule has 0 aliphatic rings. The number of aryl methyl sites for hydroxylation is 1. The van der Waals surface area contributed by atoms with Gasteiger partial charge in [-0.05, 0) is 50.2 Å². The van der Waals surface area contributed by atoms with E-state index in [1.54, 1.807) is 0 Å². The first kappa shape index (κ1) is 14.2. The molecule has 4 heteroatoms. The summed E-state index contributed by atoms with van der Waals surface area (Å²) >= 11 is 3.40. The van der Waals surface area contributed by atoms with Gasteiger partial charge in [0.15, 0.2) is 0 Å². The Morgan fingerprint density at radius 3 is 2.58 bits per heavy atom. The lowest BCUT2D eigenvalue weighted by Crippen LogP contribution is -2.24. The van der Waals surface area contributed by atoms with E-state index in [4.69, 9.17) is 9.15 Å². The highest BCUT2D eigenvalue weighted by Crippen LogP contribution is 2.17. The van der Waals surface area contributed by atoms with E-state index in [1.165, 1.54) is 0 Å². The Balaban J connectivity index is 1.70. The van der Waals surface area contributed by atoms with Gasteiger partial charge in [0, 0.05) is 11.0 Å². The largest absolute Gasteiger partial charge is 0.492 e. The van der Waals surface area contributed by atoms with E-state index in [2.05, 4.69) is 28.2 Å². The topological polar surface area (TPSA) is 34.4 Å². The van der Waals surface area contributed by atoms with Gasteiger partial charge in [-0.25, -0.2) is 0 Å². The summed E-state index contributed by atoms with van der Waals surface area (Å²) in [5, 5.41) is 3.37. The molecule has 102 valence electrons. The average Bonchev–Trinajstić information content (AvgIpc) is 2.83. The molecule has 0 saturated carbocycles. The minimum atomic E-state index is 0.196. The Kier molecular flexibility index (Phi) is 5.05. The highest BCUT2D eigenvalue weighted by molar-refractivity contribution is 9.10. The minimum absolute atomic E-state index is 0.196. The Hall–Kier alpha value is -1.26. The van der Waals surface area contributed by atoms with Gasteiger partial charge in [-0.2, -0.15) is 0 Å². The van der Waals surface area contributed by atoms with E-state index in [0.29, 0.717) is 6.61 Å². The molecule has 3 nitrogen and oxygen atoms in total. The molecule has 0 fully saturated rings. The molecule has 1 aromatic carbocycles. The lowest BCUT2D eigenvalue weighted by Gasteiger charge is -2.12. The fourth-order valence-electron chi connectivity index (χ4n) is 1.76. The van der Waals surface area contributed by atoms with Crippen LogP contribution < -0.4 is 10.1 Å². The molecule has 2 aromatic rings. The molecule has 1 heterocycles. The predicted octanol–water partition coefficient (Wildman–Crippen LogP) is 4.08. The van der Waals surface area contributed by atoms with Gasteiger partial charge in [0.2, 0.25) is 0 Å². The number of hydrogen-bond donors (Lipinski definition) is 1. The molecule has 0 radical (unpaired) electrons. The quantitative estimate of drug-likeness (QED) is 0.813. The van der Waals surface area contributed by atoms with E-state index in [-0.39, 0.29) is 6.04 Å². The van der Waals surface area contributed by atoms with E-state index < -0.39 is 0 Å². The molecule has 1 N–H and O–H groups in total. The fraction of sp³-hybridized carbons (Fsp3) is 0.333. The standard InChI is InChI=1S/C15H18BrNO2/c1-11-3-8-15(19-11)12(2)17-9-10-18-14-6-4-13(16)5-7-14/h3-8,12,17H,9-10H2,1-2H3. The average molecular weight is 324 g/mol. The second-order valence-corrected chi connectivity index (χ2v) is 5.34. The Morgan fingerprint density at radius 2 is 1.95 bits per heavy atom. The third-order valence-electron chi connectivity index (χ3n) is 2.82. The molecular formula is C15H18BrNO2. The number of nitrogens with one attached hydrogen (secondary N) is 1. The molecule has 0 aliphatic heterocycles. The van der Waals surface area contributed by atoms with Crippen LogP contribution in [0.25, 0.3) is 0 Å². The first-order valence-corrected chi connectivity index (χ1v) is 7.12. The zero-order chi connectivity index (χ0) is 13.7. The predicted molar refractivity (Wildman–Crippen MR) is 79.5 cm³/mol. The second-order valence-electron chi connectivity index (χ2n) is 4.43. The van der Waals surface area contributed by atoms with E-state index in [0.717, 1.165) is 28.3 Å². The van der Waals surface area contributed by atoms with Crippen LogP contribution in [0.1, 0.15) is 24.5 Å². The molecule has 0 aliphatic carbocycles. The molecular weight excluding hydrogens is 306 g/mol. The van der Waals surface area contributed by atoms with Crippen LogP contribution in [0, 0.1) is 6.92 Å². The van der Waals surface area contributed by atoms with Gasteiger partial charge < -0.3 is 14.5 Å². The lowest BCUT2D eigenvalue weighted by molar-refractivity contribution is 0.301. The summed E-state index contributed by atoms with van der Waals surface area (Å²) in [6, 6.07) is 12.0. The highest BCUT2D eigenvalue weighted by Gasteiger charge is 2.08. The lowest BCUT2D eigenvalue weighted by atomic mass is 10.2. The van der Waals surface area contributed by atoms with Gasteiger partial charge in [-0.1, -0.05) is 15.9 Å². The first-order valence-electron chi connectivity index (χ1n) is 6.33. The van der Waals surface area contributed by atoms with Crippen LogP contribution in [0.5, 0.6) is 5.75 Å². The number of benzene rings is 1. The van der Waals surface area contributed by atoms with Crippen molar-refractivity contribution >= 4 is 15.9 Å². The van der Waals surface area contributed by atoms with Crippen LogP contribution in [0.15, 0.2) is 45.3 Å². The number of ether oxygens (including phenoxy) is 1. The van der Waals surface area contributed by atoms with Gasteiger partial charge in [-0.15, -0.1) is 0 Å². The third-order valence-corrected chi connectivity index (χ3v) is 3.35. The highest BCUT2D eigenvalue weighted by atomic mass is 79.9. The molecule has 0 saturated heterocycles. The molecule has 2 rings (SSSR count). The van der Waals surface area contributed by atoms with Crippen molar-refractivity contribution in [2.24, 2.45) is 0 Å². The molecule has 19 heavy (non-hydrogen) atoms. The Labute approximate surface area is 122 Å². The molecule has 0 amide bonds. The van der Waals surface area contributed by atoms with E-state index in [1.807, 2.05) is 43.3 Å². The summed E-state index contributed by atoms with van der Waals surface area (Å²) in [5.41, 5.74) is 0. The third kappa shape index (κ3) is 4.40. The van der Waals surface area contributed by atoms with Gasteiger partial charge in [0.05, 0.1) is 6.04 Å². The minimum Gasteiger partial charge on any atom is -0.492 e. The van der Waals surface area contributed by atoms with Gasteiger partial charge >= 0.3 is 0 Å². The van der Waals surface area contributed by atoms with Crippen LogP contribution >= 0.6 is 15.9 Å².